The number of aliphatic imine (C=N–C) groups is 1. The lowest BCUT2D eigenvalue weighted by Crippen LogP contribution is -2.21. The van der Waals surface area contributed by atoms with E-state index in [1.165, 1.54) is 20.5 Å². The van der Waals surface area contributed by atoms with Crippen molar-refractivity contribution >= 4 is 39.9 Å². The van der Waals surface area contributed by atoms with Crippen LogP contribution in [0.25, 0.3) is 33.5 Å². The highest BCUT2D eigenvalue weighted by molar-refractivity contribution is 5.97. The lowest BCUT2D eigenvalue weighted by atomic mass is 10.1. The van der Waals surface area contributed by atoms with Crippen molar-refractivity contribution in [1.82, 2.24) is 24.1 Å². The third-order valence-electron chi connectivity index (χ3n) is 8.91. The van der Waals surface area contributed by atoms with E-state index < -0.39 is 12.0 Å². The molecular formula is C40H36N6O6. The smallest absolute Gasteiger partial charge is 0.360 e. The van der Waals surface area contributed by atoms with Gasteiger partial charge in [0.25, 0.3) is 0 Å². The second kappa shape index (κ2) is 14.7. The summed E-state index contributed by atoms with van der Waals surface area (Å²) < 4.78 is 24.5. The number of hydrogen-bond acceptors (Lipinski definition) is 10. The quantitative estimate of drug-likeness (QED) is 0.173. The summed E-state index contributed by atoms with van der Waals surface area (Å²) in [5.41, 5.74) is 8.34. The van der Waals surface area contributed by atoms with Crippen molar-refractivity contribution in [2.75, 3.05) is 20.8 Å². The zero-order valence-electron chi connectivity index (χ0n) is 29.1. The second-order valence-electron chi connectivity index (χ2n) is 12.2. The summed E-state index contributed by atoms with van der Waals surface area (Å²) in [5, 5.41) is 0. The fourth-order valence-corrected chi connectivity index (χ4v) is 6.00. The first-order chi connectivity index (χ1) is 25.3. The highest BCUT2D eigenvalue weighted by atomic mass is 16.5. The van der Waals surface area contributed by atoms with Gasteiger partial charge in [-0.05, 0) is 59.7 Å². The van der Waals surface area contributed by atoms with Crippen molar-refractivity contribution < 1.29 is 28.2 Å². The summed E-state index contributed by atoms with van der Waals surface area (Å²) in [5.74, 6) is 1.99. The number of nitrogens with zero attached hydrogens (tertiary/aromatic N) is 6. The molecule has 1 aliphatic rings. The molecule has 8 rings (SSSR count). The minimum absolute atomic E-state index is 0.159. The van der Waals surface area contributed by atoms with Crippen LogP contribution in [0.5, 0.6) is 0 Å². The largest absolute Gasteiger partial charge is 0.475 e. The monoisotopic (exact) mass is 696 g/mol. The predicted molar refractivity (Wildman–Crippen MR) is 195 cm³/mol. The standard InChI is InChI=1S/C20H19N3O3.C20H17N3O3/c2*1-23-17-6-4-3-5-15(17)21-18(23)11-13-7-9-14(10-8-13)19-22-16(12-26-19)20(24)25-2/h3-10,16H,11-12H2,1-2H3;3-10,12H,11H2,1-2H3. The second-order valence-corrected chi connectivity index (χ2v) is 12.2. The fourth-order valence-electron chi connectivity index (χ4n) is 6.00. The molecular weight excluding hydrogens is 660 g/mol. The topological polar surface area (TPSA) is 136 Å². The fraction of sp³-hybridized carbons (Fsp3) is 0.200. The average molecular weight is 697 g/mol. The lowest BCUT2D eigenvalue weighted by Gasteiger charge is -2.05. The van der Waals surface area contributed by atoms with Gasteiger partial charge in [-0.2, -0.15) is 0 Å². The van der Waals surface area contributed by atoms with Gasteiger partial charge in [0, 0.05) is 38.1 Å². The van der Waals surface area contributed by atoms with E-state index in [1.54, 1.807) is 0 Å². The van der Waals surface area contributed by atoms with Crippen molar-refractivity contribution in [3.8, 4) is 11.5 Å². The molecule has 1 atom stereocenters. The molecule has 0 saturated carbocycles. The Morgan fingerprint density at radius 1 is 0.712 bits per heavy atom. The Bertz CT molecular complexity index is 2410. The molecule has 1 unspecified atom stereocenters. The Kier molecular flexibility index (Phi) is 9.61. The summed E-state index contributed by atoms with van der Waals surface area (Å²) in [6, 6.07) is 31.5. The van der Waals surface area contributed by atoms with Crippen LogP contribution in [-0.2, 0) is 45.9 Å². The van der Waals surface area contributed by atoms with E-state index in [-0.39, 0.29) is 18.3 Å². The summed E-state index contributed by atoms with van der Waals surface area (Å²) in [7, 11) is 6.73. The Labute approximate surface area is 299 Å². The van der Waals surface area contributed by atoms with E-state index >= 15 is 0 Å². The molecule has 0 N–H and O–H groups in total. The summed E-state index contributed by atoms with van der Waals surface area (Å²) in [4.78, 5) is 40.9. The van der Waals surface area contributed by atoms with Gasteiger partial charge in [0.05, 0.1) is 36.3 Å². The molecule has 7 aromatic rings. The van der Waals surface area contributed by atoms with E-state index in [1.807, 2.05) is 99.0 Å². The zero-order valence-corrected chi connectivity index (χ0v) is 29.1. The molecule has 0 amide bonds. The third-order valence-corrected chi connectivity index (χ3v) is 8.91. The minimum Gasteiger partial charge on any atom is -0.475 e. The molecule has 0 saturated heterocycles. The Morgan fingerprint density at radius 3 is 1.77 bits per heavy atom. The molecule has 1 aliphatic heterocycles. The number of methoxy groups -OCH3 is 2. The molecule has 4 aromatic carbocycles. The Morgan fingerprint density at radius 2 is 1.25 bits per heavy atom. The zero-order chi connectivity index (χ0) is 36.2. The van der Waals surface area contributed by atoms with E-state index in [0.717, 1.165) is 68.8 Å². The molecule has 52 heavy (non-hydrogen) atoms. The molecule has 0 radical (unpaired) electrons. The highest BCUT2D eigenvalue weighted by Gasteiger charge is 2.27. The number of carbonyl (C=O) groups excluding carboxylic acids is 2. The van der Waals surface area contributed by atoms with Gasteiger partial charge in [-0.15, -0.1) is 0 Å². The first kappa shape index (κ1) is 33.9. The number of esters is 2. The number of aromatic nitrogens is 5. The maximum atomic E-state index is 11.5. The van der Waals surface area contributed by atoms with Crippen molar-refractivity contribution in [2.24, 2.45) is 19.1 Å². The number of para-hydroxylation sites is 4. The molecule has 12 heteroatoms. The van der Waals surface area contributed by atoms with Crippen LogP contribution in [0.2, 0.25) is 0 Å². The van der Waals surface area contributed by atoms with Crippen LogP contribution in [0.3, 0.4) is 0 Å². The number of carbonyl (C=O) groups is 2. The minimum atomic E-state index is -0.574. The van der Waals surface area contributed by atoms with E-state index in [0.29, 0.717) is 11.8 Å². The molecule has 0 aliphatic carbocycles. The molecule has 0 fully saturated rings. The highest BCUT2D eigenvalue weighted by Crippen LogP contribution is 2.23. The molecule has 262 valence electrons. The van der Waals surface area contributed by atoms with Crippen molar-refractivity contribution in [3.05, 3.63) is 137 Å². The van der Waals surface area contributed by atoms with Crippen LogP contribution in [0.15, 0.2) is 113 Å². The van der Waals surface area contributed by atoms with E-state index in [4.69, 9.17) is 23.9 Å². The SMILES string of the molecule is COC(=O)C1COC(c2ccc(Cc3nc4ccccc4n3C)cc2)=N1.COC(=O)c1coc(-c2ccc(Cc3nc4ccccc4n3C)cc2)n1. The lowest BCUT2D eigenvalue weighted by molar-refractivity contribution is -0.142. The van der Waals surface area contributed by atoms with Gasteiger partial charge in [-0.1, -0.05) is 48.5 Å². The first-order valence-corrected chi connectivity index (χ1v) is 16.6. The molecule has 3 aromatic heterocycles. The van der Waals surface area contributed by atoms with E-state index in [9.17, 15) is 9.59 Å². The Balaban J connectivity index is 0.000000162. The maximum absolute atomic E-state index is 11.5. The molecule has 0 bridgehead atoms. The van der Waals surface area contributed by atoms with Crippen LogP contribution >= 0.6 is 0 Å². The van der Waals surface area contributed by atoms with Crippen LogP contribution < -0.4 is 0 Å². The van der Waals surface area contributed by atoms with Gasteiger partial charge in [-0.25, -0.2) is 29.5 Å². The number of ether oxygens (including phenoxy) is 3. The number of aryl methyl sites for hydroxylation is 2. The normalized spacial score (nSPS) is 13.7. The average Bonchev–Trinajstić information content (AvgIpc) is 3.99. The van der Waals surface area contributed by atoms with Gasteiger partial charge in [0.2, 0.25) is 11.8 Å². The number of imidazole rings is 2. The van der Waals surface area contributed by atoms with Crippen molar-refractivity contribution in [3.63, 3.8) is 0 Å². The summed E-state index contributed by atoms with van der Waals surface area (Å²) >= 11 is 0. The molecule has 12 nitrogen and oxygen atoms in total. The maximum Gasteiger partial charge on any atom is 0.360 e. The van der Waals surface area contributed by atoms with Gasteiger partial charge in [0.1, 0.15) is 24.5 Å². The van der Waals surface area contributed by atoms with Crippen molar-refractivity contribution in [2.45, 2.75) is 18.9 Å². The van der Waals surface area contributed by atoms with Gasteiger partial charge >= 0.3 is 11.9 Å². The van der Waals surface area contributed by atoms with Gasteiger partial charge in [-0.3, -0.25) is 0 Å². The Hall–Kier alpha value is -6.56. The van der Waals surface area contributed by atoms with Gasteiger partial charge < -0.3 is 27.8 Å². The number of fused-ring (bicyclic) bond motifs is 2. The van der Waals surface area contributed by atoms with Crippen LogP contribution in [0.4, 0.5) is 0 Å². The predicted octanol–water partition coefficient (Wildman–Crippen LogP) is 6.09. The third kappa shape index (κ3) is 7.04. The number of hydrogen-bond donors (Lipinski definition) is 0. The number of benzene rings is 4. The first-order valence-electron chi connectivity index (χ1n) is 16.6. The van der Waals surface area contributed by atoms with Gasteiger partial charge in [0.15, 0.2) is 11.7 Å². The summed E-state index contributed by atoms with van der Waals surface area (Å²) in [6.45, 7) is 0.226. The number of oxazole rings is 1. The van der Waals surface area contributed by atoms with Crippen LogP contribution in [0.1, 0.15) is 38.8 Å². The van der Waals surface area contributed by atoms with Crippen LogP contribution in [0, 0.1) is 0 Å². The van der Waals surface area contributed by atoms with Crippen LogP contribution in [-0.4, -0.2) is 68.8 Å². The summed E-state index contributed by atoms with van der Waals surface area (Å²) in [6.07, 6.45) is 2.77. The van der Waals surface area contributed by atoms with Crippen molar-refractivity contribution in [1.29, 1.82) is 0 Å². The van der Waals surface area contributed by atoms with E-state index in [2.05, 4.69) is 36.0 Å². The molecule has 0 spiro atoms. The number of rotatable bonds is 8. The molecule has 4 heterocycles.